The molecule has 0 aromatic carbocycles. The molecule has 0 unspecified atom stereocenters. The maximum Gasteiger partial charge on any atom is 0.329 e. The van der Waals surface area contributed by atoms with Crippen molar-refractivity contribution in [2.75, 3.05) is 0 Å². The van der Waals surface area contributed by atoms with Crippen molar-refractivity contribution in [3.05, 3.63) is 31.6 Å². The Balaban J connectivity index is 2.97. The number of nitrogens with one attached hydrogen (secondary N) is 1. The highest BCUT2D eigenvalue weighted by atomic mass is 35.5. The van der Waals surface area contributed by atoms with Crippen molar-refractivity contribution < 1.29 is 0 Å². The number of aromatic amines is 1. The highest BCUT2D eigenvalue weighted by Gasteiger charge is 2.21. The second kappa shape index (κ2) is 6.42. The van der Waals surface area contributed by atoms with Gasteiger partial charge in [-0.1, -0.05) is 51.6 Å². The zero-order valence-corrected chi connectivity index (χ0v) is 12.9. The lowest BCUT2D eigenvalue weighted by atomic mass is 9.87. The van der Waals surface area contributed by atoms with E-state index in [4.69, 9.17) is 11.6 Å². The molecule has 5 heteroatoms. The van der Waals surface area contributed by atoms with Crippen LogP contribution in [0.2, 0.25) is 5.15 Å². The molecule has 0 aliphatic rings. The van der Waals surface area contributed by atoms with Crippen molar-refractivity contribution in [1.82, 2.24) is 9.55 Å². The minimum absolute atomic E-state index is 0.0771. The van der Waals surface area contributed by atoms with E-state index >= 15 is 0 Å². The molecule has 0 aliphatic carbocycles. The Morgan fingerprint density at radius 3 is 2.47 bits per heavy atom. The zero-order valence-electron chi connectivity index (χ0n) is 12.2. The molecule has 0 aliphatic heterocycles. The Bertz CT molecular complexity index is 543. The number of aromatic nitrogens is 2. The van der Waals surface area contributed by atoms with E-state index in [1.54, 1.807) is 6.92 Å². The molecule has 1 heterocycles. The first-order valence-electron chi connectivity index (χ1n) is 6.77. The van der Waals surface area contributed by atoms with Crippen LogP contribution in [0.3, 0.4) is 0 Å². The third kappa shape index (κ3) is 4.23. The number of halogens is 1. The number of unbranched alkanes of at least 4 members (excludes halogenated alkanes) is 2. The van der Waals surface area contributed by atoms with Gasteiger partial charge in [-0.15, -0.1) is 0 Å². The van der Waals surface area contributed by atoms with E-state index in [1.807, 2.05) is 0 Å². The van der Waals surface area contributed by atoms with Crippen LogP contribution in [0, 0.1) is 12.3 Å². The predicted molar refractivity (Wildman–Crippen MR) is 79.0 cm³/mol. The van der Waals surface area contributed by atoms with Crippen LogP contribution in [0.5, 0.6) is 0 Å². The SMILES string of the molecule is CCCCCC(C)(C)Cn1c(=O)[nH]c(Cl)c(C)c1=O. The third-order valence-corrected chi connectivity index (χ3v) is 3.78. The molecule has 0 amide bonds. The lowest BCUT2D eigenvalue weighted by Gasteiger charge is -2.25. The molecular formula is C14H23ClN2O2. The summed E-state index contributed by atoms with van der Waals surface area (Å²) < 4.78 is 1.26. The van der Waals surface area contributed by atoms with Crippen LogP contribution in [-0.2, 0) is 6.54 Å². The minimum Gasteiger partial charge on any atom is -0.297 e. The van der Waals surface area contributed by atoms with Gasteiger partial charge in [0.1, 0.15) is 5.15 Å². The molecule has 0 saturated carbocycles. The number of H-pyrrole nitrogens is 1. The quantitative estimate of drug-likeness (QED) is 0.645. The summed E-state index contributed by atoms with van der Waals surface area (Å²) in [4.78, 5) is 26.4. The van der Waals surface area contributed by atoms with Gasteiger partial charge >= 0.3 is 5.69 Å². The van der Waals surface area contributed by atoms with Gasteiger partial charge in [0.05, 0.1) is 0 Å². The number of hydrogen-bond donors (Lipinski definition) is 1. The van der Waals surface area contributed by atoms with Crippen molar-refractivity contribution in [1.29, 1.82) is 0 Å². The van der Waals surface area contributed by atoms with Crippen molar-refractivity contribution in [2.45, 2.75) is 59.9 Å². The monoisotopic (exact) mass is 286 g/mol. The fourth-order valence-corrected chi connectivity index (χ4v) is 2.31. The number of nitrogens with zero attached hydrogens (tertiary/aromatic N) is 1. The van der Waals surface area contributed by atoms with Gasteiger partial charge in [0.2, 0.25) is 0 Å². The predicted octanol–water partition coefficient (Wildman–Crippen LogP) is 3.10. The fraction of sp³-hybridized carbons (Fsp3) is 0.714. The van der Waals surface area contributed by atoms with Crippen LogP contribution in [-0.4, -0.2) is 9.55 Å². The number of hydrogen-bond acceptors (Lipinski definition) is 2. The van der Waals surface area contributed by atoms with Gasteiger partial charge < -0.3 is 0 Å². The van der Waals surface area contributed by atoms with E-state index in [0.29, 0.717) is 12.1 Å². The highest BCUT2D eigenvalue weighted by molar-refractivity contribution is 6.30. The van der Waals surface area contributed by atoms with Crippen LogP contribution < -0.4 is 11.2 Å². The van der Waals surface area contributed by atoms with Gasteiger partial charge in [-0.05, 0) is 18.8 Å². The van der Waals surface area contributed by atoms with Crippen LogP contribution in [0.1, 0.15) is 52.0 Å². The van der Waals surface area contributed by atoms with E-state index in [-0.39, 0.29) is 16.1 Å². The first-order chi connectivity index (χ1) is 8.78. The standard InChI is InChI=1S/C14H23ClN2O2/c1-5-6-7-8-14(3,4)9-17-12(18)10(2)11(15)16-13(17)19/h5-9H2,1-4H3,(H,16,19). The Morgan fingerprint density at radius 2 is 1.89 bits per heavy atom. The molecule has 1 aromatic heterocycles. The summed E-state index contributed by atoms with van der Waals surface area (Å²) in [5, 5.41) is 0.134. The summed E-state index contributed by atoms with van der Waals surface area (Å²) in [7, 11) is 0. The molecule has 19 heavy (non-hydrogen) atoms. The minimum atomic E-state index is -0.427. The van der Waals surface area contributed by atoms with Gasteiger partial charge in [-0.2, -0.15) is 0 Å². The Hall–Kier alpha value is -1.03. The lowest BCUT2D eigenvalue weighted by molar-refractivity contribution is 0.263. The maximum absolute atomic E-state index is 12.1. The van der Waals surface area contributed by atoms with E-state index in [2.05, 4.69) is 25.8 Å². The van der Waals surface area contributed by atoms with Crippen molar-refractivity contribution >= 4 is 11.6 Å². The van der Waals surface area contributed by atoms with Gasteiger partial charge in [-0.25, -0.2) is 4.79 Å². The topological polar surface area (TPSA) is 54.9 Å². The molecule has 0 radical (unpaired) electrons. The van der Waals surface area contributed by atoms with Crippen molar-refractivity contribution in [3.63, 3.8) is 0 Å². The summed E-state index contributed by atoms with van der Waals surface area (Å²) in [6.45, 7) is 8.37. The molecule has 0 bridgehead atoms. The number of rotatable bonds is 6. The van der Waals surface area contributed by atoms with Crippen molar-refractivity contribution in [2.24, 2.45) is 5.41 Å². The molecule has 0 fully saturated rings. The first kappa shape index (κ1) is 16.0. The second-order valence-corrected chi connectivity index (χ2v) is 6.26. The molecule has 0 atom stereocenters. The molecule has 1 N–H and O–H groups in total. The summed E-state index contributed by atoms with van der Waals surface area (Å²) in [5.41, 5.74) is -0.404. The molecule has 0 saturated heterocycles. The van der Waals surface area contributed by atoms with Crippen LogP contribution in [0.15, 0.2) is 9.59 Å². The summed E-state index contributed by atoms with van der Waals surface area (Å²) in [6.07, 6.45) is 4.45. The zero-order chi connectivity index (χ0) is 14.6. The molecule has 1 aromatic rings. The van der Waals surface area contributed by atoms with Crippen LogP contribution in [0.4, 0.5) is 0 Å². The van der Waals surface area contributed by atoms with Gasteiger partial charge in [0.25, 0.3) is 5.56 Å². The van der Waals surface area contributed by atoms with Crippen LogP contribution in [0.25, 0.3) is 0 Å². The molecule has 1 rings (SSSR count). The molecular weight excluding hydrogens is 264 g/mol. The van der Waals surface area contributed by atoms with Gasteiger partial charge in [0, 0.05) is 12.1 Å². The van der Waals surface area contributed by atoms with E-state index < -0.39 is 5.69 Å². The Morgan fingerprint density at radius 1 is 1.26 bits per heavy atom. The smallest absolute Gasteiger partial charge is 0.297 e. The van der Waals surface area contributed by atoms with E-state index in [9.17, 15) is 9.59 Å². The van der Waals surface area contributed by atoms with E-state index in [1.165, 1.54) is 11.0 Å². The lowest BCUT2D eigenvalue weighted by Crippen LogP contribution is -2.40. The summed E-state index contributed by atoms with van der Waals surface area (Å²) in [5.74, 6) is 0. The van der Waals surface area contributed by atoms with E-state index in [0.717, 1.165) is 19.3 Å². The first-order valence-corrected chi connectivity index (χ1v) is 7.15. The Kier molecular flexibility index (Phi) is 5.41. The molecule has 108 valence electrons. The maximum atomic E-state index is 12.1. The Labute approximate surface area is 118 Å². The van der Waals surface area contributed by atoms with Crippen LogP contribution >= 0.6 is 11.6 Å². The second-order valence-electron chi connectivity index (χ2n) is 5.88. The molecule has 4 nitrogen and oxygen atoms in total. The fourth-order valence-electron chi connectivity index (χ4n) is 2.15. The average molecular weight is 287 g/mol. The van der Waals surface area contributed by atoms with Crippen molar-refractivity contribution in [3.8, 4) is 0 Å². The summed E-state index contributed by atoms with van der Waals surface area (Å²) in [6, 6.07) is 0. The van der Waals surface area contributed by atoms with Gasteiger partial charge in [0.15, 0.2) is 0 Å². The molecule has 0 spiro atoms. The summed E-state index contributed by atoms with van der Waals surface area (Å²) >= 11 is 5.80. The third-order valence-electron chi connectivity index (χ3n) is 3.40. The van der Waals surface area contributed by atoms with Gasteiger partial charge in [-0.3, -0.25) is 14.3 Å². The highest BCUT2D eigenvalue weighted by Crippen LogP contribution is 2.25. The normalized spacial score (nSPS) is 11.8. The average Bonchev–Trinajstić information content (AvgIpc) is 2.32. The largest absolute Gasteiger partial charge is 0.329 e.